The monoisotopic (exact) mass is 470 g/mol. The number of aromatic nitrogens is 4. The third-order valence-corrected chi connectivity index (χ3v) is 5.77. The minimum absolute atomic E-state index is 0. The van der Waals surface area contributed by atoms with E-state index in [1.165, 1.54) is 25.3 Å². The highest BCUT2D eigenvalue weighted by Gasteiger charge is 2.20. The maximum Gasteiger partial charge on any atom is 0.273 e. The third kappa shape index (κ3) is 4.17. The molecule has 2 aromatic carbocycles. The molecule has 2 aromatic heterocycles. The summed E-state index contributed by atoms with van der Waals surface area (Å²) in [4.78, 5) is 15.0. The van der Waals surface area contributed by atoms with Gasteiger partial charge in [0, 0.05) is 36.4 Å². The van der Waals surface area contributed by atoms with Crippen LogP contribution >= 0.6 is 12.4 Å². The molecule has 10 heteroatoms. The molecule has 8 nitrogen and oxygen atoms in total. The number of fused-ring (bicyclic) bond motifs is 1. The van der Waals surface area contributed by atoms with E-state index < -0.39 is 11.4 Å². The fourth-order valence-corrected chi connectivity index (χ4v) is 4.21. The highest BCUT2D eigenvalue weighted by Crippen LogP contribution is 2.30. The molecule has 0 saturated carbocycles. The Labute approximate surface area is 195 Å². The second-order valence-electron chi connectivity index (χ2n) is 7.92. The van der Waals surface area contributed by atoms with Gasteiger partial charge in [0.15, 0.2) is 5.82 Å². The summed E-state index contributed by atoms with van der Waals surface area (Å²) in [6.45, 7) is 1.75. The van der Waals surface area contributed by atoms with Crippen LogP contribution in [0.5, 0.6) is 5.75 Å². The zero-order chi connectivity index (χ0) is 22.2. The Balaban J connectivity index is 0.00000259. The molecule has 1 aliphatic heterocycles. The van der Waals surface area contributed by atoms with E-state index >= 15 is 0 Å². The highest BCUT2D eigenvalue weighted by atomic mass is 35.5. The number of nitrogens with two attached hydrogens (primary N) is 1. The number of methoxy groups -OCH3 is 1. The zero-order valence-electron chi connectivity index (χ0n) is 18.0. The molecule has 0 aliphatic carbocycles. The number of piperidine rings is 1. The topological polar surface area (TPSA) is 102 Å². The van der Waals surface area contributed by atoms with Crippen molar-refractivity contribution in [1.29, 1.82) is 0 Å². The summed E-state index contributed by atoms with van der Waals surface area (Å²) in [5, 5.41) is 11.7. The molecule has 0 spiro atoms. The fourth-order valence-electron chi connectivity index (χ4n) is 4.21. The summed E-state index contributed by atoms with van der Waals surface area (Å²) in [5.41, 5.74) is 9.02. The van der Waals surface area contributed by atoms with Crippen LogP contribution in [0.4, 0.5) is 10.1 Å². The van der Waals surface area contributed by atoms with Crippen molar-refractivity contribution in [2.75, 3.05) is 25.1 Å². The second-order valence-corrected chi connectivity index (χ2v) is 7.92. The molecule has 0 bridgehead atoms. The van der Waals surface area contributed by atoms with Crippen molar-refractivity contribution in [2.45, 2.75) is 18.9 Å². The van der Waals surface area contributed by atoms with Gasteiger partial charge in [-0.05, 0) is 37.1 Å². The quantitative estimate of drug-likeness (QED) is 0.474. The zero-order valence-corrected chi connectivity index (χ0v) is 18.8. The molecule has 3 heterocycles. The van der Waals surface area contributed by atoms with Crippen LogP contribution in [0.2, 0.25) is 0 Å². The maximum absolute atomic E-state index is 14.6. The van der Waals surface area contributed by atoms with Gasteiger partial charge in [-0.1, -0.05) is 18.2 Å². The van der Waals surface area contributed by atoms with Crippen molar-refractivity contribution in [3.63, 3.8) is 0 Å². The lowest BCUT2D eigenvalue weighted by Crippen LogP contribution is -2.42. The largest absolute Gasteiger partial charge is 0.494 e. The Morgan fingerprint density at radius 3 is 2.82 bits per heavy atom. The van der Waals surface area contributed by atoms with Gasteiger partial charge in [-0.25, -0.2) is 4.39 Å². The molecule has 1 aliphatic rings. The molecule has 1 saturated heterocycles. The Kier molecular flexibility index (Phi) is 6.35. The lowest BCUT2D eigenvalue weighted by Gasteiger charge is -2.32. The molecule has 4 aromatic rings. The summed E-state index contributed by atoms with van der Waals surface area (Å²) < 4.78 is 20.9. The molecule has 172 valence electrons. The van der Waals surface area contributed by atoms with Gasteiger partial charge in [-0.2, -0.15) is 14.9 Å². The number of halogens is 2. The molecule has 1 fully saturated rings. The number of para-hydroxylation sites is 1. The van der Waals surface area contributed by atoms with Crippen LogP contribution in [-0.4, -0.2) is 46.2 Å². The average Bonchev–Trinajstić information content (AvgIpc) is 3.21. The van der Waals surface area contributed by atoms with Gasteiger partial charge in [0.2, 0.25) is 0 Å². The van der Waals surface area contributed by atoms with E-state index in [9.17, 15) is 9.18 Å². The fraction of sp³-hybridized carbons (Fsp3) is 0.261. The molecular formula is C23H24ClFN6O2. The maximum atomic E-state index is 14.6. The minimum atomic E-state index is -0.605. The number of hydrogen-bond acceptors (Lipinski definition) is 6. The van der Waals surface area contributed by atoms with E-state index in [1.54, 1.807) is 6.07 Å². The van der Waals surface area contributed by atoms with Crippen LogP contribution in [0, 0.1) is 5.82 Å². The third-order valence-electron chi connectivity index (χ3n) is 5.77. The van der Waals surface area contributed by atoms with Gasteiger partial charge in [-0.15, -0.1) is 12.4 Å². The molecule has 1 atom stereocenters. The number of rotatable bonds is 4. The highest BCUT2D eigenvalue weighted by molar-refractivity contribution is 5.89. The van der Waals surface area contributed by atoms with Crippen molar-refractivity contribution in [3.05, 3.63) is 64.7 Å². The number of H-pyrrole nitrogens is 1. The SMILES string of the molecule is COc1cccc(F)c1-n1nc2c(-c3cccc(N4CCCC(N)C4)c3)n[nH]c2cc1=O.Cl. The van der Waals surface area contributed by atoms with Crippen molar-refractivity contribution >= 4 is 29.1 Å². The number of nitrogens with one attached hydrogen (secondary N) is 1. The predicted octanol–water partition coefficient (Wildman–Crippen LogP) is 3.27. The van der Waals surface area contributed by atoms with E-state index in [-0.39, 0.29) is 29.9 Å². The smallest absolute Gasteiger partial charge is 0.273 e. The number of anilines is 1. The number of ether oxygens (including phenoxy) is 1. The first-order chi connectivity index (χ1) is 15.5. The Morgan fingerprint density at radius 2 is 2.03 bits per heavy atom. The Morgan fingerprint density at radius 1 is 1.21 bits per heavy atom. The molecule has 1 unspecified atom stereocenters. The summed E-state index contributed by atoms with van der Waals surface area (Å²) in [7, 11) is 1.42. The van der Waals surface area contributed by atoms with Crippen LogP contribution in [0.1, 0.15) is 12.8 Å². The van der Waals surface area contributed by atoms with Crippen LogP contribution in [-0.2, 0) is 0 Å². The van der Waals surface area contributed by atoms with Crippen molar-refractivity contribution in [1.82, 2.24) is 20.0 Å². The standard InChI is InChI=1S/C23H23FN6O2.ClH/c1-32-19-9-3-8-17(24)23(19)30-20(31)12-18-22(28-30)21(27-26-18)14-5-2-7-16(11-14)29-10-4-6-15(25)13-29;/h2-3,5,7-9,11-12,15,26H,4,6,10,13,25H2,1H3;1H. The van der Waals surface area contributed by atoms with Gasteiger partial charge < -0.3 is 15.4 Å². The molecule has 3 N–H and O–H groups in total. The first-order valence-corrected chi connectivity index (χ1v) is 10.5. The summed E-state index contributed by atoms with van der Waals surface area (Å²) in [6, 6.07) is 13.9. The van der Waals surface area contributed by atoms with Gasteiger partial charge in [0.05, 0.1) is 12.6 Å². The lowest BCUT2D eigenvalue weighted by molar-refractivity contribution is 0.406. The van der Waals surface area contributed by atoms with E-state index in [1.807, 2.05) is 24.3 Å². The minimum Gasteiger partial charge on any atom is -0.494 e. The summed E-state index contributed by atoms with van der Waals surface area (Å²) >= 11 is 0. The van der Waals surface area contributed by atoms with Crippen LogP contribution in [0.15, 0.2) is 53.3 Å². The Hall–Kier alpha value is -3.43. The van der Waals surface area contributed by atoms with Gasteiger partial charge in [0.25, 0.3) is 5.56 Å². The number of hydrogen-bond donors (Lipinski definition) is 2. The van der Waals surface area contributed by atoms with Crippen molar-refractivity contribution in [2.24, 2.45) is 5.73 Å². The Bertz CT molecular complexity index is 1350. The molecule has 33 heavy (non-hydrogen) atoms. The van der Waals surface area contributed by atoms with Crippen LogP contribution in [0.25, 0.3) is 28.0 Å². The first kappa shape index (κ1) is 22.8. The molecule has 5 rings (SSSR count). The molecular weight excluding hydrogens is 447 g/mol. The average molecular weight is 471 g/mol. The van der Waals surface area contributed by atoms with E-state index in [0.717, 1.165) is 41.9 Å². The van der Waals surface area contributed by atoms with Crippen molar-refractivity contribution in [3.8, 4) is 22.7 Å². The normalized spacial score (nSPS) is 16.0. The van der Waals surface area contributed by atoms with Gasteiger partial charge >= 0.3 is 0 Å². The van der Waals surface area contributed by atoms with Gasteiger partial charge in [0.1, 0.15) is 22.6 Å². The second kappa shape index (κ2) is 9.21. The summed E-state index contributed by atoms with van der Waals surface area (Å²) in [5.74, 6) is -0.390. The predicted molar refractivity (Wildman–Crippen MR) is 128 cm³/mol. The van der Waals surface area contributed by atoms with Gasteiger partial charge in [-0.3, -0.25) is 9.89 Å². The molecule has 0 radical (unpaired) electrons. The van der Waals surface area contributed by atoms with Crippen LogP contribution in [0.3, 0.4) is 0 Å². The van der Waals surface area contributed by atoms with E-state index in [2.05, 4.69) is 20.2 Å². The molecule has 0 amide bonds. The number of aromatic amines is 1. The van der Waals surface area contributed by atoms with Crippen molar-refractivity contribution < 1.29 is 9.13 Å². The number of nitrogens with zero attached hydrogens (tertiary/aromatic N) is 4. The van der Waals surface area contributed by atoms with Crippen LogP contribution < -0.4 is 20.9 Å². The van der Waals surface area contributed by atoms with E-state index in [0.29, 0.717) is 16.7 Å². The summed E-state index contributed by atoms with van der Waals surface area (Å²) in [6.07, 6.45) is 2.08. The van der Waals surface area contributed by atoms with E-state index in [4.69, 9.17) is 10.5 Å². The number of benzene rings is 2. The lowest BCUT2D eigenvalue weighted by atomic mass is 10.0. The first-order valence-electron chi connectivity index (χ1n) is 10.5.